The van der Waals surface area contributed by atoms with Gasteiger partial charge in [0.1, 0.15) is 12.4 Å². The summed E-state index contributed by atoms with van der Waals surface area (Å²) in [5.74, 6) is 1.39. The van der Waals surface area contributed by atoms with Gasteiger partial charge in [-0.25, -0.2) is 4.99 Å². The lowest BCUT2D eigenvalue weighted by Crippen LogP contribution is -2.38. The zero-order chi connectivity index (χ0) is 18.5. The van der Waals surface area contributed by atoms with Gasteiger partial charge in [0.25, 0.3) is 0 Å². The van der Waals surface area contributed by atoms with Gasteiger partial charge in [0, 0.05) is 31.7 Å². The summed E-state index contributed by atoms with van der Waals surface area (Å²) in [6, 6.07) is 8.04. The lowest BCUT2D eigenvalue weighted by atomic mass is 10.2. The van der Waals surface area contributed by atoms with Gasteiger partial charge in [-0.05, 0) is 12.5 Å². The van der Waals surface area contributed by atoms with Crippen LogP contribution in [0, 0.1) is 0 Å². The molecule has 0 aliphatic carbocycles. The number of para-hydroxylation sites is 1. The summed E-state index contributed by atoms with van der Waals surface area (Å²) in [7, 11) is 0. The Labute approximate surface area is 180 Å². The topological polar surface area (TPSA) is 72.1 Å². The lowest BCUT2D eigenvalue weighted by Gasteiger charge is -2.26. The van der Waals surface area contributed by atoms with Gasteiger partial charge in [-0.3, -0.25) is 4.90 Å². The Morgan fingerprint density at radius 2 is 2.00 bits per heavy atom. The SMILES string of the molecule is CCCCCCNC(N)=NCc1ccccc1OCCN1CCOCC1.I. The number of guanidine groups is 1. The van der Waals surface area contributed by atoms with Crippen LogP contribution in [0.5, 0.6) is 5.75 Å². The number of hydrogen-bond donors (Lipinski definition) is 2. The molecule has 7 heteroatoms. The number of morpholine rings is 1. The van der Waals surface area contributed by atoms with Gasteiger partial charge in [0.2, 0.25) is 0 Å². The molecule has 0 bridgehead atoms. The molecule has 0 unspecified atom stereocenters. The van der Waals surface area contributed by atoms with Crippen molar-refractivity contribution in [2.24, 2.45) is 10.7 Å². The van der Waals surface area contributed by atoms with Crippen molar-refractivity contribution in [1.29, 1.82) is 0 Å². The number of halogens is 1. The second kappa shape index (κ2) is 14.9. The first-order valence-corrected chi connectivity index (χ1v) is 9.84. The average molecular weight is 490 g/mol. The van der Waals surface area contributed by atoms with Crippen LogP contribution in [0.15, 0.2) is 29.3 Å². The van der Waals surface area contributed by atoms with Crippen LogP contribution >= 0.6 is 24.0 Å². The van der Waals surface area contributed by atoms with Crippen molar-refractivity contribution in [2.75, 3.05) is 46.0 Å². The number of ether oxygens (including phenoxy) is 2. The fourth-order valence-electron chi connectivity index (χ4n) is 2.88. The molecule has 154 valence electrons. The Morgan fingerprint density at radius 3 is 2.78 bits per heavy atom. The highest BCUT2D eigenvalue weighted by Crippen LogP contribution is 2.18. The number of benzene rings is 1. The summed E-state index contributed by atoms with van der Waals surface area (Å²) >= 11 is 0. The van der Waals surface area contributed by atoms with Crippen LogP contribution in [0.25, 0.3) is 0 Å². The molecule has 1 aromatic rings. The van der Waals surface area contributed by atoms with Crippen LogP contribution < -0.4 is 15.8 Å². The third kappa shape index (κ3) is 10.2. The van der Waals surface area contributed by atoms with Crippen LogP contribution in [-0.2, 0) is 11.3 Å². The van der Waals surface area contributed by atoms with E-state index in [-0.39, 0.29) is 24.0 Å². The minimum Gasteiger partial charge on any atom is -0.492 e. The summed E-state index contributed by atoms with van der Waals surface area (Å²) < 4.78 is 11.4. The number of unbranched alkanes of at least 4 members (excludes halogenated alkanes) is 3. The monoisotopic (exact) mass is 490 g/mol. The molecule has 0 amide bonds. The minimum absolute atomic E-state index is 0. The Balaban J connectivity index is 0.00000364. The number of rotatable bonds is 11. The van der Waals surface area contributed by atoms with Crippen molar-refractivity contribution >= 4 is 29.9 Å². The van der Waals surface area contributed by atoms with Crippen LogP contribution in [-0.4, -0.2) is 56.9 Å². The van der Waals surface area contributed by atoms with Crippen LogP contribution in [0.3, 0.4) is 0 Å². The van der Waals surface area contributed by atoms with E-state index < -0.39 is 0 Å². The van der Waals surface area contributed by atoms with Crippen LogP contribution in [0.4, 0.5) is 0 Å². The number of nitrogens with zero attached hydrogens (tertiary/aromatic N) is 2. The van der Waals surface area contributed by atoms with Crippen molar-refractivity contribution in [2.45, 2.75) is 39.2 Å². The van der Waals surface area contributed by atoms with Gasteiger partial charge in [-0.2, -0.15) is 0 Å². The number of aliphatic imine (C=N–C) groups is 1. The second-order valence-corrected chi connectivity index (χ2v) is 6.60. The quantitative estimate of drug-likeness (QED) is 0.216. The van der Waals surface area contributed by atoms with Crippen LogP contribution in [0.1, 0.15) is 38.2 Å². The Bertz CT molecular complexity index is 536. The molecule has 1 saturated heterocycles. The highest BCUT2D eigenvalue weighted by molar-refractivity contribution is 14.0. The zero-order valence-electron chi connectivity index (χ0n) is 16.5. The predicted molar refractivity (Wildman–Crippen MR) is 122 cm³/mol. The predicted octanol–water partition coefficient (Wildman–Crippen LogP) is 3.00. The van der Waals surface area contributed by atoms with E-state index >= 15 is 0 Å². The lowest BCUT2D eigenvalue weighted by molar-refractivity contribution is 0.0322. The molecule has 1 aliphatic heterocycles. The highest BCUT2D eigenvalue weighted by atomic mass is 127. The first kappa shape index (κ1) is 24.0. The standard InChI is InChI=1S/C20H34N4O2.HI/c1-2-3-4-7-10-22-20(21)23-17-18-8-5-6-9-19(18)26-16-13-24-11-14-25-15-12-24;/h5-6,8-9H,2-4,7,10-17H2,1H3,(H3,21,22,23);1H. The summed E-state index contributed by atoms with van der Waals surface area (Å²) in [4.78, 5) is 6.81. The van der Waals surface area contributed by atoms with Crippen molar-refractivity contribution in [3.05, 3.63) is 29.8 Å². The van der Waals surface area contributed by atoms with Gasteiger partial charge >= 0.3 is 0 Å². The second-order valence-electron chi connectivity index (χ2n) is 6.60. The maximum atomic E-state index is 5.98. The van der Waals surface area contributed by atoms with Crippen LogP contribution in [0.2, 0.25) is 0 Å². The molecule has 2 rings (SSSR count). The summed E-state index contributed by atoms with van der Waals surface area (Å²) in [5, 5.41) is 3.19. The molecule has 1 fully saturated rings. The van der Waals surface area contributed by atoms with E-state index in [2.05, 4.69) is 22.1 Å². The first-order chi connectivity index (χ1) is 12.8. The normalized spacial score (nSPS) is 15.2. The fraction of sp³-hybridized carbons (Fsp3) is 0.650. The minimum atomic E-state index is 0. The molecule has 0 spiro atoms. The van der Waals surface area contributed by atoms with E-state index in [0.717, 1.165) is 57.1 Å². The van der Waals surface area contributed by atoms with E-state index in [4.69, 9.17) is 15.2 Å². The molecule has 3 N–H and O–H groups in total. The van der Waals surface area contributed by atoms with E-state index in [0.29, 0.717) is 19.1 Å². The third-order valence-corrected chi connectivity index (χ3v) is 4.50. The third-order valence-electron chi connectivity index (χ3n) is 4.50. The average Bonchev–Trinajstić information content (AvgIpc) is 2.68. The summed E-state index contributed by atoms with van der Waals surface area (Å²) in [6.45, 7) is 8.81. The van der Waals surface area contributed by atoms with Crippen molar-refractivity contribution < 1.29 is 9.47 Å². The van der Waals surface area contributed by atoms with Gasteiger partial charge in [-0.1, -0.05) is 44.4 Å². The first-order valence-electron chi connectivity index (χ1n) is 9.84. The summed E-state index contributed by atoms with van der Waals surface area (Å²) in [6.07, 6.45) is 4.88. The smallest absolute Gasteiger partial charge is 0.188 e. The highest BCUT2D eigenvalue weighted by Gasteiger charge is 2.10. The van der Waals surface area contributed by atoms with E-state index in [1.54, 1.807) is 0 Å². The maximum Gasteiger partial charge on any atom is 0.188 e. The van der Waals surface area contributed by atoms with E-state index in [1.165, 1.54) is 19.3 Å². The molecule has 0 aromatic heterocycles. The molecular weight excluding hydrogens is 455 g/mol. The Morgan fingerprint density at radius 1 is 1.22 bits per heavy atom. The Hall–Kier alpha value is -1.06. The van der Waals surface area contributed by atoms with Gasteiger partial charge in [0.05, 0.1) is 19.8 Å². The molecule has 0 saturated carbocycles. The molecular formula is C20H35IN4O2. The molecule has 1 heterocycles. The van der Waals surface area contributed by atoms with Crippen molar-refractivity contribution in [3.8, 4) is 5.75 Å². The molecule has 27 heavy (non-hydrogen) atoms. The van der Waals surface area contributed by atoms with Crippen molar-refractivity contribution in [3.63, 3.8) is 0 Å². The number of hydrogen-bond acceptors (Lipinski definition) is 4. The molecule has 1 aromatic carbocycles. The summed E-state index contributed by atoms with van der Waals surface area (Å²) in [5.41, 5.74) is 7.02. The number of nitrogens with two attached hydrogens (primary N) is 1. The van der Waals surface area contributed by atoms with Gasteiger partial charge in [0.15, 0.2) is 5.96 Å². The van der Waals surface area contributed by atoms with Gasteiger partial charge < -0.3 is 20.5 Å². The molecule has 0 atom stereocenters. The van der Waals surface area contributed by atoms with E-state index in [9.17, 15) is 0 Å². The Kier molecular flexibility index (Phi) is 13.3. The fourth-order valence-corrected chi connectivity index (χ4v) is 2.88. The van der Waals surface area contributed by atoms with E-state index in [1.807, 2.05) is 24.3 Å². The molecule has 1 aliphatic rings. The maximum absolute atomic E-state index is 5.98. The molecule has 0 radical (unpaired) electrons. The molecule has 6 nitrogen and oxygen atoms in total. The largest absolute Gasteiger partial charge is 0.492 e. The van der Waals surface area contributed by atoms with Gasteiger partial charge in [-0.15, -0.1) is 24.0 Å². The number of nitrogens with one attached hydrogen (secondary N) is 1. The van der Waals surface area contributed by atoms with Crippen molar-refractivity contribution in [1.82, 2.24) is 10.2 Å². The zero-order valence-corrected chi connectivity index (χ0v) is 18.8.